The Hall–Kier alpha value is -2.29. The van der Waals surface area contributed by atoms with Crippen LogP contribution >= 0.6 is 0 Å². The van der Waals surface area contributed by atoms with Crippen molar-refractivity contribution in [2.24, 2.45) is 0 Å². The van der Waals surface area contributed by atoms with E-state index < -0.39 is 0 Å². The topological polar surface area (TPSA) is 52.3 Å². The van der Waals surface area contributed by atoms with Crippen LogP contribution in [-0.4, -0.2) is 12.9 Å². The van der Waals surface area contributed by atoms with E-state index in [1.165, 1.54) is 0 Å². The van der Waals surface area contributed by atoms with Gasteiger partial charge in [-0.15, -0.1) is 0 Å². The van der Waals surface area contributed by atoms with Crippen molar-refractivity contribution in [2.75, 3.05) is 12.8 Å². The number of ether oxygens (including phenoxy) is 1. The van der Waals surface area contributed by atoms with Crippen LogP contribution in [0.2, 0.25) is 0 Å². The van der Waals surface area contributed by atoms with E-state index in [-0.39, 0.29) is 5.78 Å². The van der Waals surface area contributed by atoms with Crippen molar-refractivity contribution in [1.29, 1.82) is 0 Å². The molecule has 0 fully saturated rings. The highest BCUT2D eigenvalue weighted by molar-refractivity contribution is 6.12. The second-order valence-electron chi connectivity index (χ2n) is 5.06. The van der Waals surface area contributed by atoms with Gasteiger partial charge in [0.2, 0.25) is 0 Å². The Balaban J connectivity index is 2.55. The Kier molecular flexibility index (Phi) is 3.79. The normalized spacial score (nSPS) is 10.4. The first-order valence-electron chi connectivity index (χ1n) is 6.50. The van der Waals surface area contributed by atoms with Crippen LogP contribution in [0.4, 0.5) is 5.69 Å². The summed E-state index contributed by atoms with van der Waals surface area (Å²) >= 11 is 0. The number of benzene rings is 2. The second kappa shape index (κ2) is 5.37. The molecule has 0 bridgehead atoms. The highest BCUT2D eigenvalue weighted by Gasteiger charge is 2.18. The van der Waals surface area contributed by atoms with E-state index in [2.05, 4.69) is 0 Å². The standard InChI is InChI=1S/C17H19NO2/c1-10-7-12(3)16(15(8-10)20-4)17(19)13-5-6-14(18)11(2)9-13/h5-9H,18H2,1-4H3. The maximum atomic E-state index is 12.7. The molecule has 104 valence electrons. The smallest absolute Gasteiger partial charge is 0.197 e. The quantitative estimate of drug-likeness (QED) is 0.686. The summed E-state index contributed by atoms with van der Waals surface area (Å²) in [4.78, 5) is 12.7. The Morgan fingerprint density at radius 1 is 1.05 bits per heavy atom. The summed E-state index contributed by atoms with van der Waals surface area (Å²) in [6.45, 7) is 5.80. The molecular weight excluding hydrogens is 250 g/mol. The number of rotatable bonds is 3. The molecule has 0 atom stereocenters. The fraction of sp³-hybridized carbons (Fsp3) is 0.235. The average Bonchev–Trinajstić information content (AvgIpc) is 2.40. The fourth-order valence-corrected chi connectivity index (χ4v) is 2.34. The van der Waals surface area contributed by atoms with Crippen LogP contribution in [0.25, 0.3) is 0 Å². The molecule has 0 aliphatic carbocycles. The Bertz CT molecular complexity index is 675. The van der Waals surface area contributed by atoms with Crippen LogP contribution in [0.3, 0.4) is 0 Å². The van der Waals surface area contributed by atoms with Crippen molar-refractivity contribution in [3.05, 3.63) is 58.1 Å². The number of nitrogens with two attached hydrogens (primary N) is 1. The number of ketones is 1. The summed E-state index contributed by atoms with van der Waals surface area (Å²) in [6.07, 6.45) is 0. The minimum atomic E-state index is -0.0394. The van der Waals surface area contributed by atoms with E-state index in [0.717, 1.165) is 16.7 Å². The zero-order valence-corrected chi connectivity index (χ0v) is 12.3. The Labute approximate surface area is 119 Å². The minimum absolute atomic E-state index is 0.0394. The molecule has 2 aromatic carbocycles. The molecule has 0 spiro atoms. The number of methoxy groups -OCH3 is 1. The van der Waals surface area contributed by atoms with E-state index in [1.807, 2.05) is 39.0 Å². The van der Waals surface area contributed by atoms with Gasteiger partial charge in [-0.05, 0) is 61.7 Å². The molecule has 0 heterocycles. The first kappa shape index (κ1) is 14.1. The van der Waals surface area contributed by atoms with Gasteiger partial charge in [0.05, 0.1) is 12.7 Å². The van der Waals surface area contributed by atoms with Crippen molar-refractivity contribution in [2.45, 2.75) is 20.8 Å². The SMILES string of the molecule is COc1cc(C)cc(C)c1C(=O)c1ccc(N)c(C)c1. The highest BCUT2D eigenvalue weighted by atomic mass is 16.5. The maximum absolute atomic E-state index is 12.7. The monoisotopic (exact) mass is 269 g/mol. The third-order valence-electron chi connectivity index (χ3n) is 3.42. The Morgan fingerprint density at radius 2 is 1.75 bits per heavy atom. The van der Waals surface area contributed by atoms with Gasteiger partial charge in [0.1, 0.15) is 5.75 Å². The number of anilines is 1. The average molecular weight is 269 g/mol. The Morgan fingerprint density at radius 3 is 2.35 bits per heavy atom. The largest absolute Gasteiger partial charge is 0.496 e. The lowest BCUT2D eigenvalue weighted by Gasteiger charge is -2.13. The number of nitrogen functional groups attached to an aromatic ring is 1. The summed E-state index contributed by atoms with van der Waals surface area (Å²) in [6, 6.07) is 9.20. The summed E-state index contributed by atoms with van der Waals surface area (Å²) in [5.74, 6) is 0.574. The molecule has 0 aromatic heterocycles. The van der Waals surface area contributed by atoms with E-state index >= 15 is 0 Å². The van der Waals surface area contributed by atoms with Gasteiger partial charge < -0.3 is 10.5 Å². The zero-order valence-electron chi connectivity index (χ0n) is 12.3. The van der Waals surface area contributed by atoms with E-state index in [9.17, 15) is 4.79 Å². The van der Waals surface area contributed by atoms with Crippen molar-refractivity contribution >= 4 is 11.5 Å². The molecule has 3 heteroatoms. The summed E-state index contributed by atoms with van der Waals surface area (Å²) < 4.78 is 5.36. The van der Waals surface area contributed by atoms with Gasteiger partial charge in [-0.1, -0.05) is 6.07 Å². The molecule has 2 aromatic rings. The van der Waals surface area contributed by atoms with Crippen LogP contribution < -0.4 is 10.5 Å². The van der Waals surface area contributed by atoms with Crippen LogP contribution in [0.15, 0.2) is 30.3 Å². The lowest BCUT2D eigenvalue weighted by molar-refractivity contribution is 0.103. The van der Waals surface area contributed by atoms with Crippen molar-refractivity contribution in [3.63, 3.8) is 0 Å². The molecule has 0 aliphatic rings. The van der Waals surface area contributed by atoms with Crippen molar-refractivity contribution < 1.29 is 9.53 Å². The first-order valence-corrected chi connectivity index (χ1v) is 6.50. The van der Waals surface area contributed by atoms with Crippen LogP contribution in [-0.2, 0) is 0 Å². The fourth-order valence-electron chi connectivity index (χ4n) is 2.34. The molecule has 3 nitrogen and oxygen atoms in total. The number of hydrogen-bond acceptors (Lipinski definition) is 3. The number of hydrogen-bond donors (Lipinski definition) is 1. The predicted octanol–water partition coefficient (Wildman–Crippen LogP) is 3.43. The lowest BCUT2D eigenvalue weighted by atomic mass is 9.95. The zero-order chi connectivity index (χ0) is 14.9. The highest BCUT2D eigenvalue weighted by Crippen LogP contribution is 2.27. The summed E-state index contributed by atoms with van der Waals surface area (Å²) in [5, 5.41) is 0. The first-order chi connectivity index (χ1) is 9.43. The van der Waals surface area contributed by atoms with E-state index in [0.29, 0.717) is 22.6 Å². The molecule has 0 aliphatic heterocycles. The maximum Gasteiger partial charge on any atom is 0.197 e. The molecule has 0 unspecified atom stereocenters. The van der Waals surface area contributed by atoms with E-state index in [1.54, 1.807) is 19.2 Å². The van der Waals surface area contributed by atoms with Gasteiger partial charge in [-0.25, -0.2) is 0 Å². The van der Waals surface area contributed by atoms with E-state index in [4.69, 9.17) is 10.5 Å². The number of carbonyl (C=O) groups is 1. The molecule has 0 radical (unpaired) electrons. The minimum Gasteiger partial charge on any atom is -0.496 e. The molecular formula is C17H19NO2. The van der Waals surface area contributed by atoms with Crippen LogP contribution in [0.1, 0.15) is 32.6 Å². The van der Waals surface area contributed by atoms with Gasteiger partial charge in [0, 0.05) is 11.3 Å². The van der Waals surface area contributed by atoms with Gasteiger partial charge >= 0.3 is 0 Å². The van der Waals surface area contributed by atoms with Crippen LogP contribution in [0, 0.1) is 20.8 Å². The molecule has 0 amide bonds. The third-order valence-corrected chi connectivity index (χ3v) is 3.42. The molecule has 0 saturated carbocycles. The number of carbonyl (C=O) groups excluding carboxylic acids is 1. The van der Waals surface area contributed by atoms with Gasteiger partial charge in [-0.3, -0.25) is 4.79 Å². The molecule has 2 N–H and O–H groups in total. The lowest BCUT2D eigenvalue weighted by Crippen LogP contribution is -2.07. The van der Waals surface area contributed by atoms with Gasteiger partial charge in [0.25, 0.3) is 0 Å². The molecule has 20 heavy (non-hydrogen) atoms. The molecule has 0 saturated heterocycles. The third kappa shape index (κ3) is 2.52. The van der Waals surface area contributed by atoms with Crippen molar-refractivity contribution in [3.8, 4) is 5.75 Å². The van der Waals surface area contributed by atoms with Crippen LogP contribution in [0.5, 0.6) is 5.75 Å². The van der Waals surface area contributed by atoms with Crippen molar-refractivity contribution in [1.82, 2.24) is 0 Å². The number of aryl methyl sites for hydroxylation is 3. The van der Waals surface area contributed by atoms with Gasteiger partial charge in [0.15, 0.2) is 5.78 Å². The van der Waals surface area contributed by atoms with Gasteiger partial charge in [-0.2, -0.15) is 0 Å². The summed E-state index contributed by atoms with van der Waals surface area (Å²) in [5.41, 5.74) is 10.6. The second-order valence-corrected chi connectivity index (χ2v) is 5.06. The predicted molar refractivity (Wildman–Crippen MR) is 81.5 cm³/mol. The summed E-state index contributed by atoms with van der Waals surface area (Å²) in [7, 11) is 1.58. The molecule has 2 rings (SSSR count).